The minimum atomic E-state index is -0.378. The third-order valence-electron chi connectivity index (χ3n) is 3.29. The summed E-state index contributed by atoms with van der Waals surface area (Å²) in [6, 6.07) is 17.3. The molecule has 0 fully saturated rings. The Morgan fingerprint density at radius 2 is 1.88 bits per heavy atom. The summed E-state index contributed by atoms with van der Waals surface area (Å²) in [5.74, 6) is -0.378. The second-order valence-corrected chi connectivity index (χ2v) is 5.00. The fourth-order valence-electron chi connectivity index (χ4n) is 2.14. The molecule has 24 heavy (non-hydrogen) atoms. The van der Waals surface area contributed by atoms with Crippen LogP contribution in [-0.4, -0.2) is 29.9 Å². The first-order valence-corrected chi connectivity index (χ1v) is 7.41. The first-order chi connectivity index (χ1) is 11.8. The minimum Gasteiger partial charge on any atom is -0.386 e. The molecule has 0 spiro atoms. The predicted molar refractivity (Wildman–Crippen MR) is 94.0 cm³/mol. The van der Waals surface area contributed by atoms with Crippen molar-refractivity contribution in [1.82, 2.24) is 10.4 Å². The number of aromatic amines is 1. The highest BCUT2D eigenvalue weighted by Gasteiger charge is 2.01. The lowest BCUT2D eigenvalue weighted by Crippen LogP contribution is -2.22. The topological polar surface area (TPSA) is 78.8 Å². The van der Waals surface area contributed by atoms with Gasteiger partial charge in [-0.25, -0.2) is 5.43 Å². The van der Waals surface area contributed by atoms with Gasteiger partial charge in [0.05, 0.1) is 12.4 Å². The zero-order valence-electron chi connectivity index (χ0n) is 12.8. The molecule has 0 radical (unpaired) electrons. The molecule has 0 aliphatic carbocycles. The number of fused-ring (bicyclic) bond motifs is 1. The zero-order chi connectivity index (χ0) is 16.6. The van der Waals surface area contributed by atoms with E-state index < -0.39 is 0 Å². The summed E-state index contributed by atoms with van der Waals surface area (Å²) in [6.45, 7) is -0.200. The van der Waals surface area contributed by atoms with Crippen LogP contribution in [0.15, 0.2) is 71.1 Å². The van der Waals surface area contributed by atoms with Crippen molar-refractivity contribution in [1.29, 1.82) is 0 Å². The molecule has 6 nitrogen and oxygen atoms in total. The smallest absolute Gasteiger partial charge is 0.280 e. The number of carbonyl (C=O) groups is 1. The largest absolute Gasteiger partial charge is 0.386 e. The molecule has 120 valence electrons. The van der Waals surface area contributed by atoms with Crippen molar-refractivity contribution < 1.29 is 9.63 Å². The molecule has 3 aromatic rings. The lowest BCUT2D eigenvalue weighted by Gasteiger charge is -1.98. The number of oxime groups is 1. The molecule has 2 aromatic carbocycles. The number of carbonyl (C=O) groups excluding carboxylic acids is 1. The van der Waals surface area contributed by atoms with Gasteiger partial charge in [-0.2, -0.15) is 5.10 Å². The van der Waals surface area contributed by atoms with Gasteiger partial charge in [-0.1, -0.05) is 53.7 Å². The van der Waals surface area contributed by atoms with Crippen LogP contribution in [0.25, 0.3) is 10.9 Å². The van der Waals surface area contributed by atoms with Crippen LogP contribution in [0, 0.1) is 0 Å². The molecule has 0 unspecified atom stereocenters. The maximum absolute atomic E-state index is 11.6. The highest BCUT2D eigenvalue weighted by molar-refractivity contribution is 5.99. The zero-order valence-corrected chi connectivity index (χ0v) is 12.8. The normalized spacial score (nSPS) is 11.3. The number of hydrogen-bond acceptors (Lipinski definition) is 4. The molecule has 1 amide bonds. The summed E-state index contributed by atoms with van der Waals surface area (Å²) in [5.41, 5.74) is 5.22. The van der Waals surface area contributed by atoms with E-state index in [1.165, 1.54) is 0 Å². The molecule has 3 rings (SSSR count). The molecule has 0 atom stereocenters. The van der Waals surface area contributed by atoms with Crippen LogP contribution in [0.4, 0.5) is 0 Å². The van der Waals surface area contributed by atoms with Crippen molar-refractivity contribution in [2.45, 2.75) is 0 Å². The Kier molecular flexibility index (Phi) is 4.99. The molecule has 0 saturated carbocycles. The Hall–Kier alpha value is -3.41. The molecule has 0 saturated heterocycles. The van der Waals surface area contributed by atoms with E-state index in [9.17, 15) is 4.79 Å². The molecular formula is C18H16N4O2. The fraction of sp³-hybridized carbons (Fsp3) is 0.0556. The number of nitrogens with one attached hydrogen (secondary N) is 2. The molecule has 0 aliphatic heterocycles. The van der Waals surface area contributed by atoms with Crippen molar-refractivity contribution >= 4 is 29.2 Å². The van der Waals surface area contributed by atoms with Crippen LogP contribution in [0.2, 0.25) is 0 Å². The average Bonchev–Trinajstić information content (AvgIpc) is 3.03. The Balaban J connectivity index is 1.46. The lowest BCUT2D eigenvalue weighted by molar-refractivity contribution is -0.125. The van der Waals surface area contributed by atoms with Gasteiger partial charge in [-0.05, 0) is 11.6 Å². The maximum atomic E-state index is 11.6. The summed E-state index contributed by atoms with van der Waals surface area (Å²) < 4.78 is 0. The van der Waals surface area contributed by atoms with Gasteiger partial charge >= 0.3 is 0 Å². The van der Waals surface area contributed by atoms with Gasteiger partial charge in [-0.15, -0.1) is 0 Å². The standard InChI is InChI=1S/C18H16N4O2/c23-18(13-24-21-10-14-6-2-1-3-7-14)22-20-12-15-11-19-17-9-5-4-8-16(15)17/h1-12,19H,13H2,(H,22,23)/b20-12+,21-10?. The van der Waals surface area contributed by atoms with Crippen molar-refractivity contribution in [2.24, 2.45) is 10.3 Å². The monoisotopic (exact) mass is 320 g/mol. The van der Waals surface area contributed by atoms with Gasteiger partial charge in [0, 0.05) is 22.7 Å². The lowest BCUT2D eigenvalue weighted by atomic mass is 10.2. The Morgan fingerprint density at radius 3 is 2.75 bits per heavy atom. The number of H-pyrrole nitrogens is 1. The summed E-state index contributed by atoms with van der Waals surface area (Å²) in [6.07, 6.45) is 4.97. The van der Waals surface area contributed by atoms with Gasteiger partial charge in [0.25, 0.3) is 5.91 Å². The van der Waals surface area contributed by atoms with E-state index in [2.05, 4.69) is 20.7 Å². The predicted octanol–water partition coefficient (Wildman–Crippen LogP) is 2.67. The van der Waals surface area contributed by atoms with E-state index in [0.717, 1.165) is 22.0 Å². The second kappa shape index (κ2) is 7.73. The summed E-state index contributed by atoms with van der Waals surface area (Å²) in [4.78, 5) is 19.7. The van der Waals surface area contributed by atoms with Gasteiger partial charge in [0.2, 0.25) is 0 Å². The molecule has 1 aromatic heterocycles. The Bertz CT molecular complexity index is 869. The van der Waals surface area contributed by atoms with Gasteiger partial charge in [0.1, 0.15) is 0 Å². The molecule has 6 heteroatoms. The third-order valence-corrected chi connectivity index (χ3v) is 3.29. The number of hydrazone groups is 1. The van der Waals surface area contributed by atoms with Crippen molar-refractivity contribution in [3.8, 4) is 0 Å². The fourth-order valence-corrected chi connectivity index (χ4v) is 2.14. The Labute approximate surface area is 138 Å². The van der Waals surface area contributed by atoms with Crippen molar-refractivity contribution in [2.75, 3.05) is 6.61 Å². The second-order valence-electron chi connectivity index (χ2n) is 5.00. The van der Waals surface area contributed by atoms with E-state index >= 15 is 0 Å². The third kappa shape index (κ3) is 4.07. The summed E-state index contributed by atoms with van der Waals surface area (Å²) in [5, 5.41) is 8.70. The van der Waals surface area contributed by atoms with Crippen LogP contribution >= 0.6 is 0 Å². The van der Waals surface area contributed by atoms with Gasteiger partial charge < -0.3 is 9.82 Å². The highest BCUT2D eigenvalue weighted by Crippen LogP contribution is 2.15. The first kappa shape index (κ1) is 15.5. The van der Waals surface area contributed by atoms with Crippen molar-refractivity contribution in [3.05, 3.63) is 71.9 Å². The van der Waals surface area contributed by atoms with Gasteiger partial charge in [-0.3, -0.25) is 4.79 Å². The van der Waals surface area contributed by atoms with Crippen LogP contribution in [-0.2, 0) is 9.63 Å². The highest BCUT2D eigenvalue weighted by atomic mass is 16.6. The minimum absolute atomic E-state index is 0.200. The number of rotatable bonds is 6. The van der Waals surface area contributed by atoms with Crippen LogP contribution in [0.3, 0.4) is 0 Å². The maximum Gasteiger partial charge on any atom is 0.280 e. The number of benzene rings is 2. The number of nitrogens with zero attached hydrogens (tertiary/aromatic N) is 2. The van der Waals surface area contributed by atoms with Crippen LogP contribution in [0.1, 0.15) is 11.1 Å². The SMILES string of the molecule is O=C(CON=Cc1ccccc1)N/N=C/c1c[nH]c2ccccc12. The molecular weight excluding hydrogens is 304 g/mol. The van der Waals surface area contributed by atoms with E-state index in [4.69, 9.17) is 4.84 Å². The van der Waals surface area contributed by atoms with Gasteiger partial charge in [0.15, 0.2) is 6.61 Å². The molecule has 1 heterocycles. The number of hydrogen-bond donors (Lipinski definition) is 2. The van der Waals surface area contributed by atoms with E-state index in [1.54, 1.807) is 12.4 Å². The van der Waals surface area contributed by atoms with Crippen molar-refractivity contribution in [3.63, 3.8) is 0 Å². The van der Waals surface area contributed by atoms with E-state index in [0.29, 0.717) is 0 Å². The van der Waals surface area contributed by atoms with E-state index in [-0.39, 0.29) is 12.5 Å². The average molecular weight is 320 g/mol. The summed E-state index contributed by atoms with van der Waals surface area (Å²) in [7, 11) is 0. The first-order valence-electron chi connectivity index (χ1n) is 7.41. The molecule has 2 N–H and O–H groups in total. The van der Waals surface area contributed by atoms with Crippen LogP contribution in [0.5, 0.6) is 0 Å². The molecule has 0 aliphatic rings. The quantitative estimate of drug-likeness (QED) is 0.541. The number of para-hydroxylation sites is 1. The Morgan fingerprint density at radius 1 is 1.08 bits per heavy atom. The molecule has 0 bridgehead atoms. The van der Waals surface area contributed by atoms with Crippen LogP contribution < -0.4 is 5.43 Å². The number of amides is 1. The van der Waals surface area contributed by atoms with E-state index in [1.807, 2.05) is 60.8 Å². The number of aromatic nitrogens is 1. The summed E-state index contributed by atoms with van der Waals surface area (Å²) >= 11 is 0.